The molecule has 0 heterocycles. The molecular weight excluding hydrogens is 208 g/mol. The van der Waals surface area contributed by atoms with Crippen molar-refractivity contribution in [3.63, 3.8) is 0 Å². The lowest BCUT2D eigenvalue weighted by atomic mass is 9.86. The Bertz CT molecular complexity index is 408. The van der Waals surface area contributed by atoms with Gasteiger partial charge >= 0.3 is 0 Å². The molecule has 92 valence electrons. The molecule has 2 rings (SSSR count). The van der Waals surface area contributed by atoms with Crippen molar-refractivity contribution in [1.29, 1.82) is 0 Å². The third-order valence-electron chi connectivity index (χ3n) is 4.36. The molecule has 0 spiro atoms. The van der Waals surface area contributed by atoms with Crippen LogP contribution >= 0.6 is 0 Å². The van der Waals surface area contributed by atoms with Gasteiger partial charge in [-0.1, -0.05) is 45.0 Å². The van der Waals surface area contributed by atoms with Gasteiger partial charge in [0.1, 0.15) is 5.78 Å². The molecule has 1 heteroatoms. The van der Waals surface area contributed by atoms with Crippen LogP contribution in [0.25, 0.3) is 0 Å². The summed E-state index contributed by atoms with van der Waals surface area (Å²) < 4.78 is 0. The second kappa shape index (κ2) is 5.03. The average Bonchev–Trinajstić information content (AvgIpc) is 2.66. The van der Waals surface area contributed by atoms with E-state index < -0.39 is 0 Å². The summed E-state index contributed by atoms with van der Waals surface area (Å²) in [5, 5.41) is 0. The number of fused-ring (bicyclic) bond motifs is 1. The Kier molecular flexibility index (Phi) is 3.66. The second-order valence-corrected chi connectivity index (χ2v) is 5.43. The van der Waals surface area contributed by atoms with Crippen molar-refractivity contribution in [3.05, 3.63) is 35.4 Å². The number of carbonyl (C=O) groups is 1. The molecule has 3 atom stereocenters. The van der Waals surface area contributed by atoms with Crippen molar-refractivity contribution in [2.75, 3.05) is 0 Å². The summed E-state index contributed by atoms with van der Waals surface area (Å²) in [7, 11) is 0. The minimum absolute atomic E-state index is 0.228. The molecule has 1 aromatic rings. The van der Waals surface area contributed by atoms with Gasteiger partial charge in [-0.25, -0.2) is 0 Å². The van der Waals surface area contributed by atoms with Gasteiger partial charge in [0.15, 0.2) is 0 Å². The highest BCUT2D eigenvalue weighted by Crippen LogP contribution is 2.39. The van der Waals surface area contributed by atoms with Crippen LogP contribution < -0.4 is 0 Å². The molecule has 1 aliphatic rings. The van der Waals surface area contributed by atoms with Crippen molar-refractivity contribution < 1.29 is 4.79 Å². The van der Waals surface area contributed by atoms with Gasteiger partial charge in [0.05, 0.1) is 0 Å². The maximum Gasteiger partial charge on any atom is 0.135 e. The summed E-state index contributed by atoms with van der Waals surface area (Å²) in [5.41, 5.74) is 2.90. The van der Waals surface area contributed by atoms with Crippen molar-refractivity contribution in [1.82, 2.24) is 0 Å². The number of benzene rings is 1. The molecule has 3 unspecified atom stereocenters. The lowest BCUT2D eigenvalue weighted by Gasteiger charge is -2.17. The topological polar surface area (TPSA) is 17.1 Å². The van der Waals surface area contributed by atoms with Gasteiger partial charge in [-0.3, -0.25) is 4.79 Å². The van der Waals surface area contributed by atoms with Gasteiger partial charge in [0.25, 0.3) is 0 Å². The van der Waals surface area contributed by atoms with Gasteiger partial charge < -0.3 is 0 Å². The fourth-order valence-corrected chi connectivity index (χ4v) is 2.81. The zero-order chi connectivity index (χ0) is 12.4. The Morgan fingerprint density at radius 1 is 1.41 bits per heavy atom. The first-order chi connectivity index (χ1) is 8.13. The first-order valence-corrected chi connectivity index (χ1v) is 6.74. The van der Waals surface area contributed by atoms with E-state index in [1.807, 2.05) is 0 Å². The maximum atomic E-state index is 12.0. The van der Waals surface area contributed by atoms with E-state index in [0.717, 1.165) is 19.3 Å². The Balaban J connectivity index is 2.05. The standard InChI is InChI=1S/C16H22O/c1-4-11(2)16(17)10-14-9-13-7-5-6-8-15(13)12(14)3/h5-8,11-12,14H,4,9-10H2,1-3H3. The van der Waals surface area contributed by atoms with Crippen LogP contribution in [0.4, 0.5) is 0 Å². The Labute approximate surface area is 104 Å². The van der Waals surface area contributed by atoms with Crippen LogP contribution in [0.5, 0.6) is 0 Å². The van der Waals surface area contributed by atoms with Crippen LogP contribution in [0.2, 0.25) is 0 Å². The summed E-state index contributed by atoms with van der Waals surface area (Å²) >= 11 is 0. The van der Waals surface area contributed by atoms with Crippen LogP contribution in [0.3, 0.4) is 0 Å². The third kappa shape index (κ3) is 2.43. The number of ketones is 1. The third-order valence-corrected chi connectivity index (χ3v) is 4.36. The molecule has 1 aliphatic carbocycles. The fourth-order valence-electron chi connectivity index (χ4n) is 2.81. The summed E-state index contributed by atoms with van der Waals surface area (Å²) in [6.07, 6.45) is 2.80. The molecule has 17 heavy (non-hydrogen) atoms. The van der Waals surface area contributed by atoms with Crippen LogP contribution in [0, 0.1) is 11.8 Å². The number of hydrogen-bond acceptors (Lipinski definition) is 1. The van der Waals surface area contributed by atoms with E-state index in [-0.39, 0.29) is 5.92 Å². The van der Waals surface area contributed by atoms with Crippen molar-refractivity contribution in [2.24, 2.45) is 11.8 Å². The largest absolute Gasteiger partial charge is 0.299 e. The molecule has 0 bridgehead atoms. The molecule has 0 aromatic heterocycles. The number of carbonyl (C=O) groups excluding carboxylic acids is 1. The highest BCUT2D eigenvalue weighted by atomic mass is 16.1. The summed E-state index contributed by atoms with van der Waals surface area (Å²) in [6, 6.07) is 8.63. The summed E-state index contributed by atoms with van der Waals surface area (Å²) in [6.45, 7) is 6.41. The van der Waals surface area contributed by atoms with Crippen LogP contribution in [0.15, 0.2) is 24.3 Å². The highest BCUT2D eigenvalue weighted by Gasteiger charge is 2.30. The second-order valence-electron chi connectivity index (χ2n) is 5.43. The van der Waals surface area contributed by atoms with Crippen molar-refractivity contribution in [3.8, 4) is 0 Å². The number of Topliss-reactive ketones (excluding diaryl/α,β-unsaturated/α-hetero) is 1. The molecular formula is C16H22O. The normalized spacial score (nSPS) is 24.4. The number of hydrogen-bond donors (Lipinski definition) is 0. The molecule has 0 fully saturated rings. The monoisotopic (exact) mass is 230 g/mol. The van der Waals surface area contributed by atoms with Gasteiger partial charge in [0.2, 0.25) is 0 Å². The van der Waals surface area contributed by atoms with Crippen molar-refractivity contribution >= 4 is 5.78 Å². The van der Waals surface area contributed by atoms with Crippen LogP contribution in [-0.2, 0) is 11.2 Å². The number of rotatable bonds is 4. The quantitative estimate of drug-likeness (QED) is 0.765. The molecule has 1 nitrogen and oxygen atoms in total. The van der Waals surface area contributed by atoms with Gasteiger partial charge in [-0.2, -0.15) is 0 Å². The van der Waals surface area contributed by atoms with E-state index in [2.05, 4.69) is 45.0 Å². The maximum absolute atomic E-state index is 12.0. The first kappa shape index (κ1) is 12.3. The molecule has 0 radical (unpaired) electrons. The highest BCUT2D eigenvalue weighted by molar-refractivity contribution is 5.81. The van der Waals surface area contributed by atoms with E-state index in [9.17, 15) is 4.79 Å². The molecule has 1 aromatic carbocycles. The Morgan fingerprint density at radius 2 is 2.12 bits per heavy atom. The first-order valence-electron chi connectivity index (χ1n) is 6.74. The predicted octanol–water partition coefficient (Wildman–Crippen LogP) is 3.97. The molecule has 0 aliphatic heterocycles. The SMILES string of the molecule is CCC(C)C(=O)CC1Cc2ccccc2C1C. The Hall–Kier alpha value is -1.11. The van der Waals surface area contributed by atoms with E-state index >= 15 is 0 Å². The van der Waals surface area contributed by atoms with Crippen molar-refractivity contribution in [2.45, 2.75) is 46.0 Å². The van der Waals surface area contributed by atoms with E-state index in [1.54, 1.807) is 0 Å². The van der Waals surface area contributed by atoms with Crippen LogP contribution in [-0.4, -0.2) is 5.78 Å². The smallest absolute Gasteiger partial charge is 0.135 e. The minimum Gasteiger partial charge on any atom is -0.299 e. The van der Waals surface area contributed by atoms with E-state index in [1.165, 1.54) is 11.1 Å². The lowest BCUT2D eigenvalue weighted by molar-refractivity contribution is -0.123. The van der Waals surface area contributed by atoms with Crippen LogP contribution in [0.1, 0.15) is 50.7 Å². The molecule has 0 N–H and O–H groups in total. The van der Waals surface area contributed by atoms with Gasteiger partial charge in [0, 0.05) is 12.3 Å². The summed E-state index contributed by atoms with van der Waals surface area (Å²) in [4.78, 5) is 12.0. The zero-order valence-electron chi connectivity index (χ0n) is 11.1. The van der Waals surface area contributed by atoms with Gasteiger partial charge in [-0.15, -0.1) is 0 Å². The van der Waals surface area contributed by atoms with E-state index in [0.29, 0.717) is 17.6 Å². The minimum atomic E-state index is 0.228. The van der Waals surface area contributed by atoms with E-state index in [4.69, 9.17) is 0 Å². The lowest BCUT2D eigenvalue weighted by Crippen LogP contribution is -2.17. The molecule has 0 saturated carbocycles. The van der Waals surface area contributed by atoms with Gasteiger partial charge in [-0.05, 0) is 35.8 Å². The average molecular weight is 230 g/mol. The molecule has 0 amide bonds. The predicted molar refractivity (Wildman–Crippen MR) is 71.1 cm³/mol. The fraction of sp³-hybridized carbons (Fsp3) is 0.562. The summed E-state index contributed by atoms with van der Waals surface area (Å²) in [5.74, 6) is 1.73. The molecule has 0 saturated heterocycles. The Morgan fingerprint density at radius 3 is 2.76 bits per heavy atom. The zero-order valence-corrected chi connectivity index (χ0v) is 11.1.